The van der Waals surface area contributed by atoms with Gasteiger partial charge in [-0.2, -0.15) is 0 Å². The van der Waals surface area contributed by atoms with Crippen molar-refractivity contribution in [3.63, 3.8) is 0 Å². The minimum absolute atomic E-state index is 0.0797. The van der Waals surface area contributed by atoms with Gasteiger partial charge in [0.25, 0.3) is 0 Å². The molecule has 0 aliphatic carbocycles. The van der Waals surface area contributed by atoms with Crippen LogP contribution in [0.3, 0.4) is 0 Å². The molecule has 0 aliphatic heterocycles. The third-order valence-electron chi connectivity index (χ3n) is 2.79. The van der Waals surface area contributed by atoms with Crippen LogP contribution >= 0.6 is 0 Å². The maximum atomic E-state index is 12.0. The minimum atomic E-state index is -3.41. The van der Waals surface area contributed by atoms with E-state index >= 15 is 0 Å². The lowest BCUT2D eigenvalue weighted by Crippen LogP contribution is -2.36. The Morgan fingerprint density at radius 2 is 1.59 bits per heavy atom. The first-order valence-corrected chi connectivity index (χ1v) is 7.15. The van der Waals surface area contributed by atoms with Crippen molar-refractivity contribution in [3.8, 4) is 0 Å². The first-order chi connectivity index (χ1) is 7.86. The fourth-order valence-corrected chi connectivity index (χ4v) is 2.64. The number of sulfonamides is 1. The van der Waals surface area contributed by atoms with Crippen LogP contribution in [0.25, 0.3) is 0 Å². The van der Waals surface area contributed by atoms with E-state index in [0.717, 1.165) is 5.69 Å². The maximum absolute atomic E-state index is 12.0. The summed E-state index contributed by atoms with van der Waals surface area (Å²) in [6.07, 6.45) is 0. The molecule has 0 bridgehead atoms. The fourth-order valence-electron chi connectivity index (χ4n) is 1.25. The molecule has 1 aromatic carbocycles. The summed E-state index contributed by atoms with van der Waals surface area (Å²) in [4.78, 5) is 0.295. The van der Waals surface area contributed by atoms with Crippen molar-refractivity contribution in [3.05, 3.63) is 24.3 Å². The molecule has 0 fully saturated rings. The third-order valence-corrected chi connectivity index (χ3v) is 4.37. The molecule has 0 amide bonds. The van der Waals surface area contributed by atoms with Crippen molar-refractivity contribution >= 4 is 15.7 Å². The van der Waals surface area contributed by atoms with Crippen LogP contribution in [-0.2, 0) is 10.0 Å². The summed E-state index contributed by atoms with van der Waals surface area (Å²) in [6, 6.07) is 6.61. The Kier molecular flexibility index (Phi) is 4.54. The predicted octanol–water partition coefficient (Wildman–Crippen LogP) is 2.05. The molecule has 0 saturated carbocycles. The number of benzene rings is 1. The van der Waals surface area contributed by atoms with Crippen LogP contribution in [0.4, 0.5) is 5.69 Å². The van der Waals surface area contributed by atoms with Gasteiger partial charge in [-0.05, 0) is 37.1 Å². The van der Waals surface area contributed by atoms with Gasteiger partial charge in [0.1, 0.15) is 0 Å². The highest BCUT2D eigenvalue weighted by molar-refractivity contribution is 7.89. The number of rotatable bonds is 5. The average molecular weight is 256 g/mol. The minimum Gasteiger partial charge on any atom is -0.388 e. The second-order valence-corrected chi connectivity index (χ2v) is 6.14. The molecule has 5 heteroatoms. The zero-order chi connectivity index (χ0) is 13.1. The van der Waals surface area contributed by atoms with E-state index in [2.05, 4.69) is 10.0 Å². The number of nitrogens with one attached hydrogen (secondary N) is 2. The predicted molar refractivity (Wildman–Crippen MR) is 70.6 cm³/mol. The SMILES string of the molecule is CNc1ccc(S(=O)(=O)NC(C)C(C)C)cc1. The topological polar surface area (TPSA) is 58.2 Å². The summed E-state index contributed by atoms with van der Waals surface area (Å²) in [5.74, 6) is 0.265. The molecule has 0 aromatic heterocycles. The zero-order valence-corrected chi connectivity index (χ0v) is 11.5. The summed E-state index contributed by atoms with van der Waals surface area (Å²) in [7, 11) is -1.61. The summed E-state index contributed by atoms with van der Waals surface area (Å²) < 4.78 is 26.7. The van der Waals surface area contributed by atoms with Crippen LogP contribution in [-0.4, -0.2) is 21.5 Å². The van der Waals surface area contributed by atoms with E-state index in [9.17, 15) is 8.42 Å². The summed E-state index contributed by atoms with van der Waals surface area (Å²) in [5, 5.41) is 2.95. The lowest BCUT2D eigenvalue weighted by atomic mass is 10.1. The van der Waals surface area contributed by atoms with Gasteiger partial charge in [0.05, 0.1) is 4.90 Å². The van der Waals surface area contributed by atoms with Crippen molar-refractivity contribution in [1.82, 2.24) is 4.72 Å². The van der Waals surface area contributed by atoms with Crippen LogP contribution in [0.5, 0.6) is 0 Å². The molecule has 96 valence electrons. The monoisotopic (exact) mass is 256 g/mol. The normalized spacial score (nSPS) is 13.7. The first kappa shape index (κ1) is 14.0. The second-order valence-electron chi connectivity index (χ2n) is 4.43. The van der Waals surface area contributed by atoms with Gasteiger partial charge in [-0.25, -0.2) is 13.1 Å². The van der Waals surface area contributed by atoms with Crippen LogP contribution in [0.15, 0.2) is 29.2 Å². The molecule has 17 heavy (non-hydrogen) atoms. The first-order valence-electron chi connectivity index (χ1n) is 5.67. The van der Waals surface area contributed by atoms with Crippen LogP contribution in [0.2, 0.25) is 0 Å². The van der Waals surface area contributed by atoms with Crippen LogP contribution in [0, 0.1) is 5.92 Å². The van der Waals surface area contributed by atoms with E-state index in [4.69, 9.17) is 0 Å². The smallest absolute Gasteiger partial charge is 0.240 e. The van der Waals surface area contributed by atoms with Gasteiger partial charge in [0.15, 0.2) is 0 Å². The van der Waals surface area contributed by atoms with Gasteiger partial charge >= 0.3 is 0 Å². The summed E-state index contributed by atoms with van der Waals surface area (Å²) >= 11 is 0. The van der Waals surface area contributed by atoms with E-state index in [1.807, 2.05) is 20.8 Å². The Labute approximate surface area is 103 Å². The zero-order valence-electron chi connectivity index (χ0n) is 10.7. The largest absolute Gasteiger partial charge is 0.388 e. The van der Waals surface area contributed by atoms with Gasteiger partial charge in [0, 0.05) is 18.8 Å². The van der Waals surface area contributed by atoms with Gasteiger partial charge < -0.3 is 5.32 Å². The van der Waals surface area contributed by atoms with Gasteiger partial charge in [0.2, 0.25) is 10.0 Å². The van der Waals surface area contributed by atoms with Gasteiger partial charge in [-0.15, -0.1) is 0 Å². The number of hydrogen-bond donors (Lipinski definition) is 2. The molecule has 1 unspecified atom stereocenters. The molecule has 0 aliphatic rings. The third kappa shape index (κ3) is 3.71. The lowest BCUT2D eigenvalue weighted by Gasteiger charge is -2.17. The maximum Gasteiger partial charge on any atom is 0.240 e. The Hall–Kier alpha value is -1.07. The molecule has 0 heterocycles. The van der Waals surface area contributed by atoms with Crippen molar-refractivity contribution < 1.29 is 8.42 Å². The Morgan fingerprint density at radius 3 is 2.00 bits per heavy atom. The molecule has 4 nitrogen and oxygen atoms in total. The standard InChI is InChI=1S/C12H20N2O2S/c1-9(2)10(3)14-17(15,16)12-7-5-11(13-4)6-8-12/h5-10,13-14H,1-4H3. The molecular formula is C12H20N2O2S. The molecule has 1 rings (SSSR count). The molecule has 0 radical (unpaired) electrons. The van der Waals surface area contributed by atoms with Crippen molar-refractivity contribution in [2.75, 3.05) is 12.4 Å². The highest BCUT2D eigenvalue weighted by Crippen LogP contribution is 2.14. The van der Waals surface area contributed by atoms with E-state index in [0.29, 0.717) is 4.90 Å². The van der Waals surface area contributed by atoms with Crippen molar-refractivity contribution in [2.24, 2.45) is 5.92 Å². The highest BCUT2D eigenvalue weighted by Gasteiger charge is 2.18. The molecular weight excluding hydrogens is 236 g/mol. The van der Waals surface area contributed by atoms with Crippen LogP contribution < -0.4 is 10.0 Å². The Balaban J connectivity index is 2.89. The second kappa shape index (κ2) is 5.51. The molecule has 1 atom stereocenters. The van der Waals surface area contributed by atoms with Gasteiger partial charge in [-0.1, -0.05) is 13.8 Å². The average Bonchev–Trinajstić information content (AvgIpc) is 2.28. The highest BCUT2D eigenvalue weighted by atomic mass is 32.2. The molecule has 1 aromatic rings. The molecule has 2 N–H and O–H groups in total. The Bertz CT molecular complexity index is 452. The van der Waals surface area contributed by atoms with Crippen LogP contribution in [0.1, 0.15) is 20.8 Å². The van der Waals surface area contributed by atoms with Gasteiger partial charge in [-0.3, -0.25) is 0 Å². The van der Waals surface area contributed by atoms with E-state index in [1.165, 1.54) is 0 Å². The number of anilines is 1. The Morgan fingerprint density at radius 1 is 1.06 bits per heavy atom. The lowest BCUT2D eigenvalue weighted by molar-refractivity contribution is 0.476. The number of hydrogen-bond acceptors (Lipinski definition) is 3. The summed E-state index contributed by atoms with van der Waals surface area (Å²) in [5.41, 5.74) is 0.890. The summed E-state index contributed by atoms with van der Waals surface area (Å²) in [6.45, 7) is 5.83. The molecule has 0 saturated heterocycles. The quantitative estimate of drug-likeness (QED) is 0.847. The molecule has 0 spiro atoms. The fraction of sp³-hybridized carbons (Fsp3) is 0.500. The van der Waals surface area contributed by atoms with Crippen molar-refractivity contribution in [2.45, 2.75) is 31.7 Å². The van der Waals surface area contributed by atoms with E-state index in [-0.39, 0.29) is 12.0 Å². The van der Waals surface area contributed by atoms with Crippen molar-refractivity contribution in [1.29, 1.82) is 0 Å². The van der Waals surface area contributed by atoms with E-state index in [1.54, 1.807) is 31.3 Å². The van der Waals surface area contributed by atoms with E-state index < -0.39 is 10.0 Å².